The van der Waals surface area contributed by atoms with Crippen molar-refractivity contribution in [1.29, 1.82) is 0 Å². The van der Waals surface area contributed by atoms with E-state index in [9.17, 15) is 14.9 Å². The number of nitro benzene ring substituents is 1. The van der Waals surface area contributed by atoms with Crippen LogP contribution in [-0.2, 0) is 4.79 Å². The van der Waals surface area contributed by atoms with Crippen LogP contribution in [0.2, 0.25) is 0 Å². The van der Waals surface area contributed by atoms with Gasteiger partial charge in [-0.3, -0.25) is 14.9 Å². The smallest absolute Gasteiger partial charge is 0.308 e. The predicted molar refractivity (Wildman–Crippen MR) is 56.3 cm³/mol. The normalized spacial score (nSPS) is 10.3. The Balaban J connectivity index is 2.55. The molecule has 0 aliphatic carbocycles. The molecule has 1 heterocycles. The van der Waals surface area contributed by atoms with Gasteiger partial charge in [0, 0.05) is 36.2 Å². The van der Waals surface area contributed by atoms with Gasteiger partial charge in [-0.25, -0.2) is 0 Å². The molecule has 0 fully saturated rings. The number of benzene rings is 1. The summed E-state index contributed by atoms with van der Waals surface area (Å²) >= 11 is 0. The molecule has 82 valence electrons. The molecule has 0 radical (unpaired) electrons. The minimum Gasteiger partial charge on any atom is -0.424 e. The van der Waals surface area contributed by atoms with Gasteiger partial charge in [0.2, 0.25) is 0 Å². The fraction of sp³-hybridized carbons (Fsp3) is 0.100. The lowest BCUT2D eigenvalue weighted by Crippen LogP contribution is -2.00. The number of carbonyl (C=O) groups excluding carboxylic acids is 1. The third-order valence-electron chi connectivity index (χ3n) is 2.09. The number of hydrogen-bond acceptors (Lipinski definition) is 4. The van der Waals surface area contributed by atoms with E-state index in [1.165, 1.54) is 25.3 Å². The molecule has 6 nitrogen and oxygen atoms in total. The molecule has 1 N–H and O–H groups in total. The lowest BCUT2D eigenvalue weighted by atomic mass is 10.2. The average Bonchev–Trinajstić information content (AvgIpc) is 2.60. The highest BCUT2D eigenvalue weighted by Crippen LogP contribution is 2.28. The molecule has 0 amide bonds. The number of ether oxygens (including phenoxy) is 1. The van der Waals surface area contributed by atoms with Crippen LogP contribution < -0.4 is 4.74 Å². The molecular formula is C10H8N2O4. The summed E-state index contributed by atoms with van der Waals surface area (Å²) < 4.78 is 4.91. The summed E-state index contributed by atoms with van der Waals surface area (Å²) in [6, 6.07) is 4.32. The summed E-state index contributed by atoms with van der Waals surface area (Å²) in [7, 11) is 0. The summed E-state index contributed by atoms with van der Waals surface area (Å²) in [5.74, 6) is -0.168. The van der Waals surface area contributed by atoms with E-state index in [1.54, 1.807) is 6.07 Å². The minimum absolute atomic E-state index is 0.0412. The van der Waals surface area contributed by atoms with Gasteiger partial charge in [-0.1, -0.05) is 0 Å². The van der Waals surface area contributed by atoms with Crippen molar-refractivity contribution in [2.75, 3.05) is 0 Å². The number of aromatic nitrogens is 1. The van der Waals surface area contributed by atoms with E-state index in [4.69, 9.17) is 4.74 Å². The number of aromatic amines is 1. The van der Waals surface area contributed by atoms with E-state index in [0.717, 1.165) is 0 Å². The maximum atomic E-state index is 10.8. The molecule has 0 saturated heterocycles. The fourth-order valence-electron chi connectivity index (χ4n) is 1.44. The van der Waals surface area contributed by atoms with Crippen LogP contribution >= 0.6 is 0 Å². The van der Waals surface area contributed by atoms with E-state index in [1.807, 2.05) is 0 Å². The number of rotatable bonds is 2. The zero-order chi connectivity index (χ0) is 11.7. The van der Waals surface area contributed by atoms with Crippen molar-refractivity contribution in [2.24, 2.45) is 0 Å². The van der Waals surface area contributed by atoms with Gasteiger partial charge in [-0.15, -0.1) is 0 Å². The number of nitro groups is 1. The lowest BCUT2D eigenvalue weighted by Gasteiger charge is -1.97. The van der Waals surface area contributed by atoms with Crippen LogP contribution in [0.5, 0.6) is 5.75 Å². The first-order valence-corrected chi connectivity index (χ1v) is 4.52. The van der Waals surface area contributed by atoms with Crippen LogP contribution in [0.15, 0.2) is 24.4 Å². The van der Waals surface area contributed by atoms with Crippen molar-refractivity contribution in [2.45, 2.75) is 6.92 Å². The second-order valence-corrected chi connectivity index (χ2v) is 3.23. The molecule has 0 spiro atoms. The Labute approximate surface area is 90.0 Å². The summed E-state index contributed by atoms with van der Waals surface area (Å²) in [5, 5.41) is 11.1. The Morgan fingerprint density at radius 1 is 1.50 bits per heavy atom. The first-order valence-electron chi connectivity index (χ1n) is 4.52. The van der Waals surface area contributed by atoms with Crippen molar-refractivity contribution in [3.05, 3.63) is 34.5 Å². The molecular weight excluding hydrogens is 212 g/mol. The first kappa shape index (κ1) is 10.2. The van der Waals surface area contributed by atoms with Crippen LogP contribution in [0, 0.1) is 10.1 Å². The highest BCUT2D eigenvalue weighted by atomic mass is 16.6. The molecule has 1 aromatic heterocycles. The first-order chi connectivity index (χ1) is 7.58. The molecule has 0 bridgehead atoms. The number of fused-ring (bicyclic) bond motifs is 1. The number of nitrogens with one attached hydrogen (secondary N) is 1. The Hall–Kier alpha value is -2.37. The molecule has 1 aromatic carbocycles. The number of non-ortho nitro benzene ring substituents is 1. The van der Waals surface area contributed by atoms with Crippen molar-refractivity contribution in [3.63, 3.8) is 0 Å². The van der Waals surface area contributed by atoms with Gasteiger partial charge >= 0.3 is 5.97 Å². The molecule has 0 aliphatic rings. The molecule has 0 atom stereocenters. The molecule has 16 heavy (non-hydrogen) atoms. The van der Waals surface area contributed by atoms with Crippen molar-refractivity contribution < 1.29 is 14.5 Å². The topological polar surface area (TPSA) is 85.2 Å². The SMILES string of the molecule is CC(=O)Oc1c[nH]c2ccc([N+](=O)[O-])cc12. The van der Waals surface area contributed by atoms with Gasteiger partial charge in [0.15, 0.2) is 5.75 Å². The standard InChI is InChI=1S/C10H8N2O4/c1-6(13)16-10-5-11-9-3-2-7(12(14)15)4-8(9)10/h2-5,11H,1H3. The number of hydrogen-bond donors (Lipinski definition) is 1. The zero-order valence-electron chi connectivity index (χ0n) is 8.39. The van der Waals surface area contributed by atoms with Crippen molar-refractivity contribution in [3.8, 4) is 5.75 Å². The Morgan fingerprint density at radius 3 is 2.88 bits per heavy atom. The Morgan fingerprint density at radius 2 is 2.25 bits per heavy atom. The number of carbonyl (C=O) groups is 1. The van der Waals surface area contributed by atoms with E-state index in [2.05, 4.69) is 4.98 Å². The van der Waals surface area contributed by atoms with Crippen LogP contribution in [0.25, 0.3) is 10.9 Å². The van der Waals surface area contributed by atoms with Gasteiger partial charge in [-0.05, 0) is 6.07 Å². The van der Waals surface area contributed by atoms with Crippen LogP contribution in [0.4, 0.5) is 5.69 Å². The minimum atomic E-state index is -0.496. The molecule has 6 heteroatoms. The summed E-state index contributed by atoms with van der Waals surface area (Å²) in [6.45, 7) is 1.27. The molecule has 0 saturated carbocycles. The monoisotopic (exact) mass is 220 g/mol. The van der Waals surface area contributed by atoms with E-state index < -0.39 is 10.9 Å². The fourth-order valence-corrected chi connectivity index (χ4v) is 1.44. The van der Waals surface area contributed by atoms with E-state index >= 15 is 0 Å². The largest absolute Gasteiger partial charge is 0.424 e. The number of esters is 1. The second-order valence-electron chi connectivity index (χ2n) is 3.23. The molecule has 0 unspecified atom stereocenters. The second kappa shape index (κ2) is 3.65. The van der Waals surface area contributed by atoms with Crippen LogP contribution in [0.3, 0.4) is 0 Å². The highest BCUT2D eigenvalue weighted by molar-refractivity contribution is 5.90. The maximum absolute atomic E-state index is 10.8. The van der Waals surface area contributed by atoms with Gasteiger partial charge in [0.05, 0.1) is 4.92 Å². The average molecular weight is 220 g/mol. The third kappa shape index (κ3) is 1.72. The van der Waals surface area contributed by atoms with Crippen molar-refractivity contribution >= 4 is 22.6 Å². The van der Waals surface area contributed by atoms with Crippen molar-refractivity contribution in [1.82, 2.24) is 4.98 Å². The van der Waals surface area contributed by atoms with Gasteiger partial charge < -0.3 is 9.72 Å². The lowest BCUT2D eigenvalue weighted by molar-refractivity contribution is -0.384. The Kier molecular flexibility index (Phi) is 2.32. The Bertz CT molecular complexity index is 573. The summed E-state index contributed by atoms with van der Waals surface area (Å²) in [5.41, 5.74) is 0.641. The van der Waals surface area contributed by atoms with E-state index in [0.29, 0.717) is 16.7 Å². The maximum Gasteiger partial charge on any atom is 0.308 e. The molecule has 0 aliphatic heterocycles. The van der Waals surface area contributed by atoms with Gasteiger partial charge in [0.25, 0.3) is 5.69 Å². The number of nitrogens with zero attached hydrogens (tertiary/aromatic N) is 1. The van der Waals surface area contributed by atoms with Gasteiger partial charge in [-0.2, -0.15) is 0 Å². The quantitative estimate of drug-likeness (QED) is 0.476. The van der Waals surface area contributed by atoms with Crippen LogP contribution in [-0.4, -0.2) is 15.9 Å². The molecule has 2 aromatic rings. The highest BCUT2D eigenvalue weighted by Gasteiger charge is 2.12. The zero-order valence-corrected chi connectivity index (χ0v) is 8.39. The third-order valence-corrected chi connectivity index (χ3v) is 2.09. The molecule has 2 rings (SSSR count). The predicted octanol–water partition coefficient (Wildman–Crippen LogP) is 2.00. The van der Waals surface area contributed by atoms with Gasteiger partial charge in [0.1, 0.15) is 0 Å². The number of H-pyrrole nitrogens is 1. The van der Waals surface area contributed by atoms with E-state index in [-0.39, 0.29) is 5.69 Å². The summed E-state index contributed by atoms with van der Waals surface area (Å²) in [6.07, 6.45) is 1.50. The van der Waals surface area contributed by atoms with Crippen LogP contribution in [0.1, 0.15) is 6.92 Å². The summed E-state index contributed by atoms with van der Waals surface area (Å²) in [4.78, 5) is 23.8.